The van der Waals surface area contributed by atoms with Gasteiger partial charge in [-0.3, -0.25) is 0 Å². The van der Waals surface area contributed by atoms with Gasteiger partial charge in [-0.2, -0.15) is 4.31 Å². The number of nitrogens with zero attached hydrogens (tertiary/aromatic N) is 1. The number of benzene rings is 1. The molecular formula is C15H22N2O4S. The number of ether oxygens (including phenoxy) is 1. The van der Waals surface area contributed by atoms with Crippen molar-refractivity contribution in [2.45, 2.75) is 30.7 Å². The minimum atomic E-state index is -3.55. The van der Waals surface area contributed by atoms with E-state index in [1.807, 2.05) is 7.05 Å². The SMILES string of the molecule is CNCC1CCCN1S(=O)(=O)c1ccc(C(=O)OC)cc1C. The van der Waals surface area contributed by atoms with Gasteiger partial charge < -0.3 is 10.1 Å². The van der Waals surface area contributed by atoms with Crippen LogP contribution in [0.25, 0.3) is 0 Å². The van der Waals surface area contributed by atoms with Crippen LogP contribution in [0.2, 0.25) is 0 Å². The molecule has 0 amide bonds. The molecule has 1 unspecified atom stereocenters. The third-order valence-electron chi connectivity index (χ3n) is 3.95. The lowest BCUT2D eigenvalue weighted by Gasteiger charge is -2.24. The zero-order chi connectivity index (χ0) is 16.3. The number of likely N-dealkylation sites (N-methyl/N-ethyl adjacent to an activating group) is 1. The number of esters is 1. The largest absolute Gasteiger partial charge is 0.465 e. The predicted octanol–water partition coefficient (Wildman–Crippen LogP) is 1.15. The van der Waals surface area contributed by atoms with Gasteiger partial charge in [-0.15, -0.1) is 0 Å². The third-order valence-corrected chi connectivity index (χ3v) is 6.06. The Hall–Kier alpha value is -1.44. The molecule has 122 valence electrons. The number of methoxy groups -OCH3 is 1. The summed E-state index contributed by atoms with van der Waals surface area (Å²) < 4.78 is 32.0. The average Bonchev–Trinajstić information content (AvgIpc) is 2.95. The molecule has 1 aromatic carbocycles. The van der Waals surface area contributed by atoms with Crippen LogP contribution in [0.1, 0.15) is 28.8 Å². The maximum absolute atomic E-state index is 12.9. The Kier molecular flexibility index (Phi) is 5.20. The average molecular weight is 326 g/mol. The van der Waals surface area contributed by atoms with Crippen molar-refractivity contribution in [3.63, 3.8) is 0 Å². The van der Waals surface area contributed by atoms with Crippen molar-refractivity contribution in [3.8, 4) is 0 Å². The van der Waals surface area contributed by atoms with E-state index >= 15 is 0 Å². The maximum atomic E-state index is 12.9. The second kappa shape index (κ2) is 6.76. The molecule has 0 bridgehead atoms. The van der Waals surface area contributed by atoms with Gasteiger partial charge in [-0.25, -0.2) is 13.2 Å². The summed E-state index contributed by atoms with van der Waals surface area (Å²) in [5.41, 5.74) is 0.908. The molecule has 1 saturated heterocycles. The molecular weight excluding hydrogens is 304 g/mol. The quantitative estimate of drug-likeness (QED) is 0.822. The molecule has 1 aromatic rings. The summed E-state index contributed by atoms with van der Waals surface area (Å²) in [5, 5.41) is 3.04. The number of sulfonamides is 1. The van der Waals surface area contributed by atoms with E-state index < -0.39 is 16.0 Å². The number of aryl methyl sites for hydroxylation is 1. The first-order valence-electron chi connectivity index (χ1n) is 7.27. The summed E-state index contributed by atoms with van der Waals surface area (Å²) in [7, 11) is -0.429. The summed E-state index contributed by atoms with van der Waals surface area (Å²) >= 11 is 0. The van der Waals surface area contributed by atoms with Crippen LogP contribution in [0.5, 0.6) is 0 Å². The van der Waals surface area contributed by atoms with Crippen LogP contribution >= 0.6 is 0 Å². The van der Waals surface area contributed by atoms with Crippen LogP contribution in [-0.4, -0.2) is 52.0 Å². The first-order valence-corrected chi connectivity index (χ1v) is 8.71. The molecule has 1 N–H and O–H groups in total. The number of rotatable bonds is 5. The summed E-state index contributed by atoms with van der Waals surface area (Å²) in [5.74, 6) is -0.471. The van der Waals surface area contributed by atoms with Gasteiger partial charge in [0.05, 0.1) is 17.6 Å². The predicted molar refractivity (Wildman–Crippen MR) is 83.4 cm³/mol. The Morgan fingerprint density at radius 2 is 2.18 bits per heavy atom. The molecule has 6 nitrogen and oxygen atoms in total. The molecule has 1 fully saturated rings. The van der Waals surface area contributed by atoms with E-state index in [1.165, 1.54) is 19.2 Å². The van der Waals surface area contributed by atoms with Gasteiger partial charge in [0.25, 0.3) is 0 Å². The number of carbonyl (C=O) groups excluding carboxylic acids is 1. The molecule has 0 radical (unpaired) electrons. The standard InChI is InChI=1S/C15H22N2O4S/c1-11-9-12(15(18)21-3)6-7-14(11)22(19,20)17-8-4-5-13(17)10-16-2/h6-7,9,13,16H,4-5,8,10H2,1-3H3. The van der Waals surface area contributed by atoms with Gasteiger partial charge >= 0.3 is 5.97 Å². The number of hydrogen-bond acceptors (Lipinski definition) is 5. The van der Waals surface area contributed by atoms with Crippen molar-refractivity contribution in [2.24, 2.45) is 0 Å². The summed E-state index contributed by atoms with van der Waals surface area (Å²) in [4.78, 5) is 11.8. The smallest absolute Gasteiger partial charge is 0.337 e. The maximum Gasteiger partial charge on any atom is 0.337 e. The molecule has 0 aromatic heterocycles. The van der Waals surface area contributed by atoms with E-state index in [0.717, 1.165) is 12.8 Å². The van der Waals surface area contributed by atoms with Crippen molar-refractivity contribution in [1.82, 2.24) is 9.62 Å². The first-order chi connectivity index (χ1) is 10.4. The van der Waals surface area contributed by atoms with Crippen LogP contribution in [0.3, 0.4) is 0 Å². The van der Waals surface area contributed by atoms with Crippen molar-refractivity contribution in [2.75, 3.05) is 27.2 Å². The Bertz CT molecular complexity index is 658. The highest BCUT2D eigenvalue weighted by Gasteiger charge is 2.35. The highest BCUT2D eigenvalue weighted by atomic mass is 32.2. The highest BCUT2D eigenvalue weighted by molar-refractivity contribution is 7.89. The number of hydrogen-bond donors (Lipinski definition) is 1. The molecule has 0 spiro atoms. The van der Waals surface area contributed by atoms with E-state index in [0.29, 0.717) is 24.2 Å². The van der Waals surface area contributed by atoms with E-state index in [9.17, 15) is 13.2 Å². The van der Waals surface area contributed by atoms with Gasteiger partial charge in [-0.05, 0) is 50.6 Å². The van der Waals surface area contributed by atoms with Gasteiger partial charge in [0.15, 0.2) is 0 Å². The Balaban J connectivity index is 2.35. The zero-order valence-electron chi connectivity index (χ0n) is 13.1. The summed E-state index contributed by atoms with van der Waals surface area (Å²) in [6, 6.07) is 4.53. The van der Waals surface area contributed by atoms with Crippen molar-refractivity contribution >= 4 is 16.0 Å². The van der Waals surface area contributed by atoms with Crippen LogP contribution in [0.4, 0.5) is 0 Å². The summed E-state index contributed by atoms with van der Waals surface area (Å²) in [6.45, 7) is 2.87. The Labute approximate surface area is 131 Å². The van der Waals surface area contributed by atoms with Gasteiger partial charge in [0, 0.05) is 19.1 Å². The minimum Gasteiger partial charge on any atom is -0.465 e. The van der Waals surface area contributed by atoms with Crippen LogP contribution in [-0.2, 0) is 14.8 Å². The lowest BCUT2D eigenvalue weighted by atomic mass is 10.1. The monoisotopic (exact) mass is 326 g/mol. The fraction of sp³-hybridized carbons (Fsp3) is 0.533. The van der Waals surface area contributed by atoms with E-state index in [-0.39, 0.29) is 10.9 Å². The first kappa shape index (κ1) is 16.9. The molecule has 2 rings (SSSR count). The molecule has 1 aliphatic rings. The van der Waals surface area contributed by atoms with E-state index in [2.05, 4.69) is 10.1 Å². The lowest BCUT2D eigenvalue weighted by molar-refractivity contribution is 0.0600. The van der Waals surface area contributed by atoms with Gasteiger partial charge in [0.1, 0.15) is 0 Å². The second-order valence-corrected chi connectivity index (χ2v) is 7.30. The van der Waals surface area contributed by atoms with Gasteiger partial charge in [-0.1, -0.05) is 0 Å². The number of nitrogens with one attached hydrogen (secondary N) is 1. The van der Waals surface area contributed by atoms with Crippen LogP contribution in [0.15, 0.2) is 23.1 Å². The molecule has 1 atom stereocenters. The normalized spacial score (nSPS) is 19.3. The van der Waals surface area contributed by atoms with E-state index in [4.69, 9.17) is 0 Å². The molecule has 1 heterocycles. The fourth-order valence-electron chi connectivity index (χ4n) is 2.88. The van der Waals surface area contributed by atoms with Crippen molar-refractivity contribution < 1.29 is 17.9 Å². The van der Waals surface area contributed by atoms with Crippen molar-refractivity contribution in [3.05, 3.63) is 29.3 Å². The molecule has 22 heavy (non-hydrogen) atoms. The Morgan fingerprint density at radius 1 is 1.45 bits per heavy atom. The Morgan fingerprint density at radius 3 is 2.77 bits per heavy atom. The molecule has 1 aliphatic heterocycles. The van der Waals surface area contributed by atoms with E-state index in [1.54, 1.807) is 17.3 Å². The second-order valence-electron chi connectivity index (χ2n) is 5.44. The minimum absolute atomic E-state index is 0.0188. The highest BCUT2D eigenvalue weighted by Crippen LogP contribution is 2.28. The summed E-state index contributed by atoms with van der Waals surface area (Å²) in [6.07, 6.45) is 1.73. The van der Waals surface area contributed by atoms with Crippen molar-refractivity contribution in [1.29, 1.82) is 0 Å². The number of carbonyl (C=O) groups is 1. The molecule has 0 saturated carbocycles. The van der Waals surface area contributed by atoms with Gasteiger partial charge in [0.2, 0.25) is 10.0 Å². The fourth-order valence-corrected chi connectivity index (χ4v) is 4.78. The van der Waals surface area contributed by atoms with Crippen LogP contribution < -0.4 is 5.32 Å². The third kappa shape index (κ3) is 3.16. The van der Waals surface area contributed by atoms with Crippen LogP contribution in [0, 0.1) is 6.92 Å². The topological polar surface area (TPSA) is 75.7 Å². The molecule has 7 heteroatoms. The molecule has 0 aliphatic carbocycles. The zero-order valence-corrected chi connectivity index (χ0v) is 13.9. The lowest BCUT2D eigenvalue weighted by Crippen LogP contribution is -2.41.